The molecule has 2 aromatic carbocycles. The fourth-order valence-electron chi connectivity index (χ4n) is 7.95. The van der Waals surface area contributed by atoms with Crippen molar-refractivity contribution in [2.24, 2.45) is 4.99 Å². The smallest absolute Gasteiger partial charge is 0.352 e. The summed E-state index contributed by atoms with van der Waals surface area (Å²) in [5.74, 6) is 0.647. The normalized spacial score (nSPS) is 26.0. The van der Waals surface area contributed by atoms with Crippen molar-refractivity contribution in [3.8, 4) is 0 Å². The van der Waals surface area contributed by atoms with Crippen LogP contribution in [0.5, 0.6) is 0 Å². The molecule has 5 atom stereocenters. The van der Waals surface area contributed by atoms with E-state index in [1.807, 2.05) is 4.90 Å². The molecule has 4 aliphatic heterocycles. The number of rotatable bonds is 7. The van der Waals surface area contributed by atoms with E-state index in [-0.39, 0.29) is 17.8 Å². The predicted octanol–water partition coefficient (Wildman–Crippen LogP) is 5.78. The number of hydrogen-bond donors (Lipinski definition) is 2. The van der Waals surface area contributed by atoms with Gasteiger partial charge in [-0.15, -0.1) is 0 Å². The second-order valence-corrected chi connectivity index (χ2v) is 12.7. The third kappa shape index (κ3) is 6.65. The number of fused-ring (bicyclic) bond motifs is 3. The van der Waals surface area contributed by atoms with Gasteiger partial charge in [-0.3, -0.25) is 14.8 Å². The van der Waals surface area contributed by atoms with Crippen molar-refractivity contribution in [3.63, 3.8) is 0 Å². The van der Waals surface area contributed by atoms with E-state index in [1.165, 1.54) is 41.3 Å². The maximum atomic E-state index is 13.7. The maximum Gasteiger partial charge on any atom is 0.416 e. The van der Waals surface area contributed by atoms with Crippen LogP contribution in [0.2, 0.25) is 0 Å². The first-order chi connectivity index (χ1) is 22.0. The standard InChI is InChI=1S/C33H41F4N7O2/c1-21-39-29-20-41(31(45)38-2)17-14-30(29)44(21)28-18-26-12-13-27(19-28)42(26)15-3-16-43(25-10-6-23(34)7-11-25)32(46)40-24-8-4-22(5-9-24)33(35,36)37/h4-11,26-30H,3,12-20H2,1-2H3,(H,38,45)(H,40,46)/t26-,27+,28?,29?,30?. The number of amidine groups is 1. The van der Waals surface area contributed by atoms with Crippen molar-refractivity contribution in [2.45, 2.75) is 81.8 Å². The number of anilines is 2. The van der Waals surface area contributed by atoms with Crippen molar-refractivity contribution in [2.75, 3.05) is 43.4 Å². The molecule has 3 saturated heterocycles. The molecule has 13 heteroatoms. The summed E-state index contributed by atoms with van der Waals surface area (Å²) in [6.45, 7) is 4.62. The summed E-state index contributed by atoms with van der Waals surface area (Å²) in [7, 11) is 1.66. The molecule has 6 rings (SSSR count). The highest BCUT2D eigenvalue weighted by Gasteiger charge is 2.48. The molecule has 4 aliphatic rings. The van der Waals surface area contributed by atoms with Crippen LogP contribution in [0.25, 0.3) is 0 Å². The Bertz CT molecular complexity index is 1420. The number of carbonyl (C=O) groups excluding carboxylic acids is 2. The lowest BCUT2D eigenvalue weighted by Crippen LogP contribution is -2.58. The third-order valence-corrected chi connectivity index (χ3v) is 10.0. The Kier molecular flexibility index (Phi) is 9.13. The van der Waals surface area contributed by atoms with Gasteiger partial charge < -0.3 is 20.4 Å². The Hall–Kier alpha value is -3.87. The number of nitrogens with one attached hydrogen (secondary N) is 2. The number of piperidine rings is 2. The second kappa shape index (κ2) is 13.1. The fraction of sp³-hybridized carbons (Fsp3) is 0.545. The first-order valence-corrected chi connectivity index (χ1v) is 16.1. The average molecular weight is 644 g/mol. The maximum absolute atomic E-state index is 13.7. The lowest BCUT2D eigenvalue weighted by Gasteiger charge is -2.47. The second-order valence-electron chi connectivity index (χ2n) is 12.7. The SMILES string of the molecule is CNC(=O)N1CCC2C(C1)N=C(C)N2C1C[C@H]2CC[C@@H](C1)N2CCCN(C(=O)Nc1ccc(C(F)(F)F)cc1)c1ccc(F)cc1. The van der Waals surface area contributed by atoms with E-state index >= 15 is 0 Å². The summed E-state index contributed by atoms with van der Waals surface area (Å²) < 4.78 is 52.7. The van der Waals surface area contributed by atoms with Crippen LogP contribution in [0.3, 0.4) is 0 Å². The molecule has 0 saturated carbocycles. The van der Waals surface area contributed by atoms with Crippen molar-refractivity contribution in [1.29, 1.82) is 0 Å². The van der Waals surface area contributed by atoms with Gasteiger partial charge in [0.2, 0.25) is 0 Å². The van der Waals surface area contributed by atoms with Crippen LogP contribution in [-0.4, -0.2) is 96.0 Å². The Morgan fingerprint density at radius 3 is 2.28 bits per heavy atom. The molecule has 4 amide bonds. The molecule has 2 N–H and O–H groups in total. The number of amides is 4. The zero-order valence-electron chi connectivity index (χ0n) is 26.1. The highest BCUT2D eigenvalue weighted by atomic mass is 19.4. The summed E-state index contributed by atoms with van der Waals surface area (Å²) in [4.78, 5) is 39.0. The van der Waals surface area contributed by atoms with Gasteiger partial charge in [-0.2, -0.15) is 13.2 Å². The Morgan fingerprint density at radius 2 is 1.65 bits per heavy atom. The molecule has 0 aromatic heterocycles. The van der Waals surface area contributed by atoms with Crippen molar-refractivity contribution in [1.82, 2.24) is 20.0 Å². The van der Waals surface area contributed by atoms with Gasteiger partial charge in [0.05, 0.1) is 23.5 Å². The number of aliphatic imine (C=N–C) groups is 1. The highest BCUT2D eigenvalue weighted by molar-refractivity contribution is 6.01. The topological polar surface area (TPSA) is 83.5 Å². The quantitative estimate of drug-likeness (QED) is 0.375. The van der Waals surface area contributed by atoms with E-state index in [0.717, 1.165) is 63.2 Å². The first-order valence-electron chi connectivity index (χ1n) is 16.1. The van der Waals surface area contributed by atoms with E-state index < -0.39 is 23.6 Å². The molecule has 248 valence electrons. The van der Waals surface area contributed by atoms with Crippen LogP contribution in [0.4, 0.5) is 38.5 Å². The molecule has 0 aliphatic carbocycles. The summed E-state index contributed by atoms with van der Waals surface area (Å²) in [5, 5.41) is 5.43. The molecule has 2 bridgehead atoms. The Balaban J connectivity index is 1.07. The van der Waals surface area contributed by atoms with Crippen LogP contribution in [0.1, 0.15) is 51.0 Å². The zero-order valence-corrected chi connectivity index (χ0v) is 26.1. The average Bonchev–Trinajstić information content (AvgIpc) is 3.48. The predicted molar refractivity (Wildman–Crippen MR) is 169 cm³/mol. The van der Waals surface area contributed by atoms with E-state index in [4.69, 9.17) is 4.99 Å². The first kappa shape index (κ1) is 32.1. The monoisotopic (exact) mass is 643 g/mol. The van der Waals surface area contributed by atoms with Gasteiger partial charge in [0, 0.05) is 62.7 Å². The van der Waals surface area contributed by atoms with Crippen LogP contribution < -0.4 is 15.5 Å². The van der Waals surface area contributed by atoms with Gasteiger partial charge in [-0.25, -0.2) is 14.0 Å². The number of hydrogen-bond acceptors (Lipinski definition) is 5. The number of likely N-dealkylation sites (tertiary alicyclic amines) is 1. The number of urea groups is 2. The molecule has 3 unspecified atom stereocenters. The Labute approximate surface area is 266 Å². The van der Waals surface area contributed by atoms with E-state index in [2.05, 4.69) is 27.4 Å². The molecule has 2 aromatic rings. The van der Waals surface area contributed by atoms with Crippen LogP contribution in [0.15, 0.2) is 53.5 Å². The van der Waals surface area contributed by atoms with Gasteiger partial charge in [0.1, 0.15) is 5.82 Å². The van der Waals surface area contributed by atoms with E-state index in [0.29, 0.717) is 49.4 Å². The van der Waals surface area contributed by atoms with Crippen LogP contribution in [-0.2, 0) is 6.18 Å². The van der Waals surface area contributed by atoms with Crippen molar-refractivity contribution < 1.29 is 27.2 Å². The number of nitrogens with zero attached hydrogens (tertiary/aromatic N) is 5. The minimum Gasteiger partial charge on any atom is -0.352 e. The highest BCUT2D eigenvalue weighted by Crippen LogP contribution is 2.41. The molecule has 0 radical (unpaired) electrons. The molecule has 0 spiro atoms. The number of carbonyl (C=O) groups is 2. The van der Waals surface area contributed by atoms with Gasteiger partial charge in [-0.1, -0.05) is 0 Å². The third-order valence-electron chi connectivity index (χ3n) is 10.0. The van der Waals surface area contributed by atoms with Crippen molar-refractivity contribution >= 4 is 29.3 Å². The van der Waals surface area contributed by atoms with E-state index in [9.17, 15) is 27.2 Å². The molecule has 46 heavy (non-hydrogen) atoms. The minimum atomic E-state index is -4.47. The molecular weight excluding hydrogens is 602 g/mol. The lowest BCUT2D eigenvalue weighted by atomic mass is 9.91. The molecule has 9 nitrogen and oxygen atoms in total. The van der Waals surface area contributed by atoms with Crippen LogP contribution in [0, 0.1) is 5.82 Å². The fourth-order valence-corrected chi connectivity index (χ4v) is 7.95. The Morgan fingerprint density at radius 1 is 0.978 bits per heavy atom. The number of benzene rings is 2. The zero-order chi connectivity index (χ0) is 32.6. The molecular formula is C33H41F4N7O2. The lowest BCUT2D eigenvalue weighted by molar-refractivity contribution is -0.137. The van der Waals surface area contributed by atoms with Gasteiger partial charge >= 0.3 is 18.2 Å². The van der Waals surface area contributed by atoms with Gasteiger partial charge in [0.25, 0.3) is 0 Å². The molecule has 3 fully saturated rings. The van der Waals surface area contributed by atoms with Crippen molar-refractivity contribution in [3.05, 3.63) is 59.9 Å². The van der Waals surface area contributed by atoms with Gasteiger partial charge in [0.15, 0.2) is 0 Å². The van der Waals surface area contributed by atoms with E-state index in [1.54, 1.807) is 7.05 Å². The van der Waals surface area contributed by atoms with Crippen LogP contribution >= 0.6 is 0 Å². The summed E-state index contributed by atoms with van der Waals surface area (Å²) >= 11 is 0. The number of halogens is 4. The molecule has 4 heterocycles. The minimum absolute atomic E-state index is 0.0498. The number of alkyl halides is 3. The summed E-state index contributed by atoms with van der Waals surface area (Å²) in [5.41, 5.74) is -0.0430. The summed E-state index contributed by atoms with van der Waals surface area (Å²) in [6, 6.07) is 11.1. The largest absolute Gasteiger partial charge is 0.416 e. The van der Waals surface area contributed by atoms with Gasteiger partial charge in [-0.05, 0) is 94.0 Å². The summed E-state index contributed by atoms with van der Waals surface area (Å²) in [6.07, 6.45) is 1.46.